The minimum absolute atomic E-state index is 0.573. The lowest BCUT2D eigenvalue weighted by molar-refractivity contribution is 0.482. The lowest BCUT2D eigenvalue weighted by atomic mass is 9.99. The van der Waals surface area contributed by atoms with Crippen molar-refractivity contribution in [1.29, 1.82) is 0 Å². The third-order valence-corrected chi connectivity index (χ3v) is 4.09. The lowest BCUT2D eigenvalue weighted by Crippen LogP contribution is -2.03. The van der Waals surface area contributed by atoms with Gasteiger partial charge in [0.1, 0.15) is 11.5 Å². The molecule has 2 N–H and O–H groups in total. The van der Waals surface area contributed by atoms with Crippen LogP contribution in [0.4, 0.5) is 0 Å². The van der Waals surface area contributed by atoms with E-state index in [0.717, 1.165) is 29.9 Å². The first-order valence-corrected chi connectivity index (χ1v) is 7.78. The Morgan fingerprint density at radius 1 is 1.10 bits per heavy atom. The quantitative estimate of drug-likeness (QED) is 0.801. The van der Waals surface area contributed by atoms with Gasteiger partial charge in [0.2, 0.25) is 0 Å². The second kappa shape index (κ2) is 7.48. The summed E-state index contributed by atoms with van der Waals surface area (Å²) in [6, 6.07) is 14.0. The van der Waals surface area contributed by atoms with Crippen molar-refractivity contribution in [2.24, 2.45) is 5.73 Å². The Hall–Kier alpha value is -1.51. The first kappa shape index (κ1) is 15.9. The van der Waals surface area contributed by atoms with Crippen LogP contribution in [0.15, 0.2) is 42.5 Å². The number of hydrogen-bond donors (Lipinski definition) is 1. The van der Waals surface area contributed by atoms with Gasteiger partial charge in [0.15, 0.2) is 0 Å². The number of nitrogens with two attached hydrogens (primary N) is 1. The minimum Gasteiger partial charge on any atom is -0.457 e. The van der Waals surface area contributed by atoms with E-state index in [2.05, 4.69) is 26.0 Å². The molecule has 21 heavy (non-hydrogen) atoms. The second-order valence-corrected chi connectivity index (χ2v) is 5.68. The average Bonchev–Trinajstić information content (AvgIpc) is 2.50. The molecule has 0 fully saturated rings. The van der Waals surface area contributed by atoms with Crippen LogP contribution in [0.3, 0.4) is 0 Å². The highest BCUT2D eigenvalue weighted by Gasteiger charge is 2.05. The van der Waals surface area contributed by atoms with Crippen LogP contribution >= 0.6 is 11.6 Å². The highest BCUT2D eigenvalue weighted by atomic mass is 35.5. The van der Waals surface area contributed by atoms with Crippen molar-refractivity contribution in [3.05, 3.63) is 58.6 Å². The van der Waals surface area contributed by atoms with Gasteiger partial charge in [-0.2, -0.15) is 0 Å². The zero-order valence-electron chi connectivity index (χ0n) is 12.6. The normalized spacial score (nSPS) is 12.2. The molecule has 2 aromatic rings. The molecule has 0 saturated carbocycles. The summed E-state index contributed by atoms with van der Waals surface area (Å²) in [7, 11) is 0. The summed E-state index contributed by atoms with van der Waals surface area (Å²) in [5.41, 5.74) is 7.94. The number of halogens is 1. The van der Waals surface area contributed by atoms with Crippen molar-refractivity contribution < 1.29 is 4.74 Å². The fourth-order valence-electron chi connectivity index (χ4n) is 2.19. The molecule has 2 rings (SSSR count). The van der Waals surface area contributed by atoms with E-state index in [0.29, 0.717) is 17.5 Å². The lowest BCUT2D eigenvalue weighted by Gasteiger charge is -2.11. The number of benzene rings is 2. The highest BCUT2D eigenvalue weighted by Crippen LogP contribution is 2.28. The van der Waals surface area contributed by atoms with Crippen LogP contribution < -0.4 is 10.5 Å². The predicted molar refractivity (Wildman–Crippen MR) is 89.4 cm³/mol. The molecule has 3 heteroatoms. The van der Waals surface area contributed by atoms with Gasteiger partial charge in [0, 0.05) is 5.02 Å². The Balaban J connectivity index is 2.09. The van der Waals surface area contributed by atoms with E-state index in [1.54, 1.807) is 0 Å². The van der Waals surface area contributed by atoms with E-state index < -0.39 is 0 Å². The highest BCUT2D eigenvalue weighted by molar-refractivity contribution is 6.31. The van der Waals surface area contributed by atoms with Gasteiger partial charge in [-0.1, -0.05) is 43.6 Å². The summed E-state index contributed by atoms with van der Waals surface area (Å²) in [4.78, 5) is 0. The molecule has 0 saturated heterocycles. The maximum absolute atomic E-state index is 6.22. The summed E-state index contributed by atoms with van der Waals surface area (Å²) in [6.07, 6.45) is 1.92. The predicted octanol–water partition coefficient (Wildman–Crippen LogP) is 5.15. The Labute approximate surface area is 131 Å². The van der Waals surface area contributed by atoms with E-state index in [-0.39, 0.29) is 0 Å². The third-order valence-electron chi connectivity index (χ3n) is 3.74. The topological polar surface area (TPSA) is 35.2 Å². The standard InChI is InChI=1S/C18H22ClNO/c1-3-13(2)14-4-7-16(8-5-14)21-17-9-6-15(10-11-20)18(19)12-17/h4-9,12-13H,3,10-11,20H2,1-2H3. The molecule has 0 spiro atoms. The minimum atomic E-state index is 0.573. The Bertz CT molecular complexity index is 580. The first-order chi connectivity index (χ1) is 10.1. The molecular formula is C18H22ClNO. The van der Waals surface area contributed by atoms with Crippen LogP contribution in [-0.2, 0) is 6.42 Å². The molecule has 1 atom stereocenters. The number of hydrogen-bond acceptors (Lipinski definition) is 2. The third kappa shape index (κ3) is 4.23. The molecule has 0 aliphatic rings. The van der Waals surface area contributed by atoms with Gasteiger partial charge in [-0.3, -0.25) is 0 Å². The smallest absolute Gasteiger partial charge is 0.128 e. The summed E-state index contributed by atoms with van der Waals surface area (Å²) in [5, 5.41) is 0.703. The largest absolute Gasteiger partial charge is 0.457 e. The van der Waals surface area contributed by atoms with Crippen LogP contribution in [0.25, 0.3) is 0 Å². The molecule has 1 unspecified atom stereocenters. The molecule has 0 heterocycles. The summed E-state index contributed by atoms with van der Waals surface area (Å²) >= 11 is 6.22. The van der Waals surface area contributed by atoms with Gasteiger partial charge in [0.25, 0.3) is 0 Å². The molecule has 0 radical (unpaired) electrons. The number of ether oxygens (including phenoxy) is 1. The Kier molecular flexibility index (Phi) is 5.66. The molecule has 112 valence electrons. The first-order valence-electron chi connectivity index (χ1n) is 7.40. The molecular weight excluding hydrogens is 282 g/mol. The summed E-state index contributed by atoms with van der Waals surface area (Å²) < 4.78 is 5.84. The van der Waals surface area contributed by atoms with Gasteiger partial charge >= 0.3 is 0 Å². The summed E-state index contributed by atoms with van der Waals surface area (Å²) in [6.45, 7) is 5.02. The van der Waals surface area contributed by atoms with Crippen LogP contribution in [-0.4, -0.2) is 6.54 Å². The van der Waals surface area contributed by atoms with Crippen molar-refractivity contribution in [1.82, 2.24) is 0 Å². The van der Waals surface area contributed by atoms with Crippen molar-refractivity contribution in [3.63, 3.8) is 0 Å². The zero-order chi connectivity index (χ0) is 15.2. The SMILES string of the molecule is CCC(C)c1ccc(Oc2ccc(CCN)c(Cl)c2)cc1. The van der Waals surface area contributed by atoms with Crippen LogP contribution in [0, 0.1) is 0 Å². The average molecular weight is 304 g/mol. The van der Waals surface area contributed by atoms with Crippen LogP contribution in [0.2, 0.25) is 5.02 Å². The summed E-state index contributed by atoms with van der Waals surface area (Å²) in [5.74, 6) is 2.14. The zero-order valence-corrected chi connectivity index (χ0v) is 13.4. The van der Waals surface area contributed by atoms with E-state index in [9.17, 15) is 0 Å². The van der Waals surface area contributed by atoms with E-state index >= 15 is 0 Å². The molecule has 0 aromatic heterocycles. The molecule has 2 nitrogen and oxygen atoms in total. The van der Waals surface area contributed by atoms with Gasteiger partial charge in [0.05, 0.1) is 0 Å². The van der Waals surface area contributed by atoms with Crippen LogP contribution in [0.1, 0.15) is 37.3 Å². The van der Waals surface area contributed by atoms with Crippen molar-refractivity contribution >= 4 is 11.6 Å². The molecule has 0 amide bonds. The molecule has 0 bridgehead atoms. The molecule has 2 aromatic carbocycles. The van der Waals surface area contributed by atoms with E-state index in [1.165, 1.54) is 5.56 Å². The Morgan fingerprint density at radius 3 is 2.33 bits per heavy atom. The molecule has 0 aliphatic carbocycles. The maximum atomic E-state index is 6.22. The number of rotatable bonds is 6. The second-order valence-electron chi connectivity index (χ2n) is 5.27. The van der Waals surface area contributed by atoms with E-state index in [1.807, 2.05) is 30.3 Å². The fraction of sp³-hybridized carbons (Fsp3) is 0.333. The van der Waals surface area contributed by atoms with E-state index in [4.69, 9.17) is 22.1 Å². The van der Waals surface area contributed by atoms with Gasteiger partial charge in [-0.05, 0) is 60.7 Å². The monoisotopic (exact) mass is 303 g/mol. The molecule has 0 aliphatic heterocycles. The van der Waals surface area contributed by atoms with Gasteiger partial charge in [-0.25, -0.2) is 0 Å². The van der Waals surface area contributed by atoms with Gasteiger partial charge in [-0.15, -0.1) is 0 Å². The Morgan fingerprint density at radius 2 is 1.76 bits per heavy atom. The van der Waals surface area contributed by atoms with Crippen molar-refractivity contribution in [2.45, 2.75) is 32.6 Å². The van der Waals surface area contributed by atoms with Gasteiger partial charge < -0.3 is 10.5 Å². The van der Waals surface area contributed by atoms with Crippen LogP contribution in [0.5, 0.6) is 11.5 Å². The maximum Gasteiger partial charge on any atom is 0.128 e. The fourth-order valence-corrected chi connectivity index (χ4v) is 2.45. The van der Waals surface area contributed by atoms with Crippen molar-refractivity contribution in [3.8, 4) is 11.5 Å². The van der Waals surface area contributed by atoms with Crippen molar-refractivity contribution in [2.75, 3.05) is 6.54 Å².